The van der Waals surface area contributed by atoms with Crippen molar-refractivity contribution >= 4 is 51.9 Å². The maximum Gasteiger partial charge on any atom is 0.262 e. The Hall–Kier alpha value is -6.47. The van der Waals surface area contributed by atoms with E-state index in [1.54, 1.807) is 30.5 Å². The number of pyridine rings is 2. The monoisotopic (exact) mass is 869 g/mol. The lowest BCUT2D eigenvalue weighted by Gasteiger charge is -2.63. The highest BCUT2D eigenvalue weighted by molar-refractivity contribution is 6.23. The van der Waals surface area contributed by atoms with Gasteiger partial charge in [-0.1, -0.05) is 27.7 Å². The van der Waals surface area contributed by atoms with Crippen molar-refractivity contribution in [3.8, 4) is 11.8 Å². The number of fused-ring (bicyclic) bond motifs is 2. The number of anilines is 2. The van der Waals surface area contributed by atoms with Crippen molar-refractivity contribution in [2.24, 2.45) is 16.7 Å². The van der Waals surface area contributed by atoms with Crippen molar-refractivity contribution in [3.05, 3.63) is 89.0 Å². The number of amides is 5. The lowest BCUT2D eigenvalue weighted by atomic mass is 9.49. The Bertz CT molecular complexity index is 2600. The second-order valence-electron chi connectivity index (χ2n) is 18.9. The third kappa shape index (κ3) is 7.59. The fourth-order valence-electron chi connectivity index (χ4n) is 11.0. The van der Waals surface area contributed by atoms with E-state index < -0.39 is 52.2 Å². The number of hydrogen-bond donors (Lipinski definition) is 2. The van der Waals surface area contributed by atoms with E-state index in [0.29, 0.717) is 35.8 Å². The molecular formula is C48H52FN9O6. The lowest BCUT2D eigenvalue weighted by Crippen LogP contribution is -2.74. The van der Waals surface area contributed by atoms with Gasteiger partial charge in [0.15, 0.2) is 11.6 Å². The number of imide groups is 2. The van der Waals surface area contributed by atoms with Gasteiger partial charge < -0.3 is 19.9 Å². The maximum atomic E-state index is 15.7. The molecule has 4 aromatic rings. The summed E-state index contributed by atoms with van der Waals surface area (Å²) >= 11 is 0. The topological polar surface area (TPSA) is 181 Å². The Morgan fingerprint density at radius 2 is 1.64 bits per heavy atom. The van der Waals surface area contributed by atoms with E-state index in [4.69, 9.17) is 4.74 Å². The van der Waals surface area contributed by atoms with E-state index >= 15 is 4.39 Å². The summed E-state index contributed by atoms with van der Waals surface area (Å²) in [5, 5.41) is 15.7. The number of piperazine rings is 1. The van der Waals surface area contributed by atoms with Gasteiger partial charge in [-0.15, -0.1) is 0 Å². The van der Waals surface area contributed by atoms with Gasteiger partial charge in [-0.05, 0) is 86.7 Å². The minimum atomic E-state index is -0.992. The zero-order valence-electron chi connectivity index (χ0n) is 36.5. The number of piperidine rings is 2. The van der Waals surface area contributed by atoms with E-state index in [2.05, 4.69) is 36.5 Å². The molecule has 4 fully saturated rings. The van der Waals surface area contributed by atoms with Gasteiger partial charge in [0.25, 0.3) is 17.7 Å². The summed E-state index contributed by atoms with van der Waals surface area (Å²) in [6, 6.07) is 14.7. The van der Waals surface area contributed by atoms with Gasteiger partial charge in [0.05, 0.1) is 27.8 Å². The second kappa shape index (κ2) is 16.6. The fourth-order valence-corrected chi connectivity index (χ4v) is 11.0. The summed E-state index contributed by atoms with van der Waals surface area (Å²) in [6.45, 7) is 13.7. The highest BCUT2D eigenvalue weighted by atomic mass is 19.1. The Kier molecular flexibility index (Phi) is 11.1. The first-order valence-electron chi connectivity index (χ1n) is 22.1. The first-order chi connectivity index (χ1) is 30.6. The Balaban J connectivity index is 0.735. The Labute approximate surface area is 370 Å². The zero-order chi connectivity index (χ0) is 45.1. The molecule has 6 heterocycles. The number of benzene rings is 2. The fraction of sp³-hybridized carbons (Fsp3) is 0.458. The van der Waals surface area contributed by atoms with Gasteiger partial charge in [-0.25, -0.2) is 9.37 Å². The Morgan fingerprint density at radius 3 is 2.34 bits per heavy atom. The Morgan fingerprint density at radius 1 is 0.906 bits per heavy atom. The molecule has 0 radical (unpaired) electrons. The number of nitrogens with one attached hydrogen (secondary N) is 2. The van der Waals surface area contributed by atoms with Crippen LogP contribution in [-0.4, -0.2) is 113 Å². The molecule has 2 aromatic heterocycles. The van der Waals surface area contributed by atoms with Gasteiger partial charge in [0, 0.05) is 86.0 Å². The van der Waals surface area contributed by atoms with Crippen molar-refractivity contribution in [2.75, 3.05) is 55.6 Å². The number of hydrogen-bond acceptors (Lipinski definition) is 12. The van der Waals surface area contributed by atoms with E-state index in [9.17, 15) is 29.2 Å². The normalized spacial score (nSPS) is 23.4. The van der Waals surface area contributed by atoms with Crippen LogP contribution >= 0.6 is 0 Å². The van der Waals surface area contributed by atoms with E-state index in [1.165, 1.54) is 12.3 Å². The molecule has 1 saturated carbocycles. The van der Waals surface area contributed by atoms with Gasteiger partial charge in [0.2, 0.25) is 11.8 Å². The smallest absolute Gasteiger partial charge is 0.262 e. The quantitative estimate of drug-likeness (QED) is 0.202. The van der Waals surface area contributed by atoms with E-state index in [0.717, 1.165) is 68.0 Å². The maximum absolute atomic E-state index is 15.7. The summed E-state index contributed by atoms with van der Waals surface area (Å²) < 4.78 is 22.3. The van der Waals surface area contributed by atoms with E-state index in [1.807, 2.05) is 50.8 Å². The van der Waals surface area contributed by atoms with Gasteiger partial charge in [-0.3, -0.25) is 44.1 Å². The van der Waals surface area contributed by atoms with Gasteiger partial charge >= 0.3 is 0 Å². The van der Waals surface area contributed by atoms with Crippen molar-refractivity contribution in [2.45, 2.75) is 78.0 Å². The van der Waals surface area contributed by atoms with Crippen LogP contribution in [0.4, 0.5) is 15.9 Å². The molecular weight excluding hydrogens is 818 g/mol. The molecule has 1 aliphatic carbocycles. The van der Waals surface area contributed by atoms with Crippen molar-refractivity contribution in [1.82, 2.24) is 30.4 Å². The number of nitrogens with zero attached hydrogens (tertiary/aromatic N) is 7. The zero-order valence-corrected chi connectivity index (χ0v) is 36.5. The highest BCUT2D eigenvalue weighted by Gasteiger charge is 2.64. The van der Waals surface area contributed by atoms with Crippen LogP contribution in [-0.2, 0) is 9.59 Å². The van der Waals surface area contributed by atoms with Gasteiger partial charge in [0.1, 0.15) is 24.0 Å². The van der Waals surface area contributed by atoms with Crippen LogP contribution in [0, 0.1) is 33.9 Å². The molecule has 332 valence electrons. The third-order valence-corrected chi connectivity index (χ3v) is 14.2. The predicted octanol–water partition coefficient (Wildman–Crippen LogP) is 5.08. The molecule has 2 N–H and O–H groups in total. The molecule has 64 heavy (non-hydrogen) atoms. The number of carbonyl (C=O) groups is 5. The molecule has 0 spiro atoms. The summed E-state index contributed by atoms with van der Waals surface area (Å²) in [5.41, 5.74) is 1.66. The molecule has 16 heteroatoms. The molecule has 1 unspecified atom stereocenters. The van der Waals surface area contributed by atoms with E-state index in [-0.39, 0.29) is 47.5 Å². The highest BCUT2D eigenvalue weighted by Crippen LogP contribution is 2.56. The number of aromatic nitrogens is 2. The first kappa shape index (κ1) is 42.8. The molecule has 3 saturated heterocycles. The van der Waals surface area contributed by atoms with Crippen molar-refractivity contribution in [1.29, 1.82) is 5.26 Å². The minimum absolute atomic E-state index is 0.0764. The molecule has 4 aliphatic heterocycles. The number of carbonyl (C=O) groups excluding carboxylic acids is 5. The molecule has 9 rings (SSSR count). The first-order valence-corrected chi connectivity index (χ1v) is 22.1. The molecule has 1 atom stereocenters. The lowest BCUT2D eigenvalue weighted by molar-refractivity contribution is -0.163. The average Bonchev–Trinajstić information content (AvgIpc) is 3.54. The van der Waals surface area contributed by atoms with Crippen LogP contribution in [0.15, 0.2) is 60.9 Å². The molecule has 0 bridgehead atoms. The largest absolute Gasteiger partial charge is 0.488 e. The molecule has 2 aromatic carbocycles. The van der Waals surface area contributed by atoms with Crippen LogP contribution in [0.3, 0.4) is 0 Å². The summed E-state index contributed by atoms with van der Waals surface area (Å²) in [7, 11) is 0. The standard InChI is InChI=1S/C48H52FN9O6/c1-47(2)45(48(3,4)46(47)64-37-11-7-29(26-50)39-33(37)6-5-16-51-39)54-41(60)30-24-35(49)40(52-27-30)57-18-14-28(15-19-57)13-17-55-20-22-56(23-21-55)31-8-9-32-34(25-31)44(63)58(43(32)62)36-10-12-38(59)53-42(36)61/h5-9,11,16,24-25,27-28,36,45-46H,10,12-15,17-23H2,1-4H3,(H,54,60)(H,53,59,61). The summed E-state index contributed by atoms with van der Waals surface area (Å²) in [6.07, 6.45) is 5.86. The number of halogens is 1. The van der Waals surface area contributed by atoms with Crippen molar-refractivity contribution in [3.63, 3.8) is 0 Å². The van der Waals surface area contributed by atoms with Crippen molar-refractivity contribution < 1.29 is 33.1 Å². The number of nitriles is 1. The van der Waals surface area contributed by atoms with Crippen LogP contribution in [0.5, 0.6) is 5.75 Å². The van der Waals surface area contributed by atoms with Crippen LogP contribution in [0.2, 0.25) is 0 Å². The molecule has 5 aliphatic rings. The number of ether oxygens (including phenoxy) is 1. The van der Waals surface area contributed by atoms with Crippen LogP contribution < -0.4 is 25.2 Å². The second-order valence-corrected chi connectivity index (χ2v) is 18.9. The minimum Gasteiger partial charge on any atom is -0.488 e. The van der Waals surface area contributed by atoms with Crippen LogP contribution in [0.25, 0.3) is 10.9 Å². The summed E-state index contributed by atoms with van der Waals surface area (Å²) in [5.74, 6) is -1.59. The average molecular weight is 870 g/mol. The SMILES string of the molecule is CC1(C)C(NC(=O)c2cnc(N3CCC(CCN4CCN(c5ccc6c(c5)C(=O)N(C5CCC(=O)NC5=O)C6=O)CC4)CC3)c(F)c2)C(C)(C)C1Oc1ccc(C#N)c2ncccc12. The summed E-state index contributed by atoms with van der Waals surface area (Å²) in [4.78, 5) is 80.6. The van der Waals surface area contributed by atoms with Crippen LogP contribution in [0.1, 0.15) is 96.4 Å². The van der Waals surface area contributed by atoms with Gasteiger partial charge in [-0.2, -0.15) is 5.26 Å². The third-order valence-electron chi connectivity index (χ3n) is 14.2. The molecule has 5 amide bonds. The predicted molar refractivity (Wildman–Crippen MR) is 235 cm³/mol. The molecule has 15 nitrogen and oxygen atoms in total. The number of rotatable bonds is 10.